The zero-order valence-corrected chi connectivity index (χ0v) is 17.6. The summed E-state index contributed by atoms with van der Waals surface area (Å²) < 4.78 is 11.9. The first-order valence-electron chi connectivity index (χ1n) is 9.58. The number of rotatable bonds is 3. The lowest BCUT2D eigenvalue weighted by Gasteiger charge is -2.34. The number of aryl methyl sites for hydroxylation is 2. The number of furan rings is 1. The molecular formula is C23H22ClNO4. The minimum atomic E-state index is -0.516. The summed E-state index contributed by atoms with van der Waals surface area (Å²) in [5, 5.41) is 3.87. The first-order valence-corrected chi connectivity index (χ1v) is 9.96. The highest BCUT2D eigenvalue weighted by Crippen LogP contribution is 2.41. The van der Waals surface area contributed by atoms with Gasteiger partial charge >= 0.3 is 0 Å². The summed E-state index contributed by atoms with van der Waals surface area (Å²) in [4.78, 5) is 25.8. The molecule has 0 aliphatic carbocycles. The summed E-state index contributed by atoms with van der Waals surface area (Å²) in [6.45, 7) is 7.63. The van der Waals surface area contributed by atoms with Crippen molar-refractivity contribution < 1.29 is 18.7 Å². The zero-order valence-electron chi connectivity index (χ0n) is 16.8. The van der Waals surface area contributed by atoms with Gasteiger partial charge in [0.1, 0.15) is 16.9 Å². The third kappa shape index (κ3) is 3.29. The van der Waals surface area contributed by atoms with Crippen molar-refractivity contribution >= 4 is 39.9 Å². The second kappa shape index (κ2) is 6.92. The van der Waals surface area contributed by atoms with Crippen LogP contribution in [0.1, 0.15) is 58.7 Å². The molecule has 150 valence electrons. The molecule has 4 rings (SSSR count). The van der Waals surface area contributed by atoms with Crippen molar-refractivity contribution in [2.24, 2.45) is 0 Å². The average Bonchev–Trinajstić information content (AvgIpc) is 3.00. The smallest absolute Gasteiger partial charge is 0.291 e. The van der Waals surface area contributed by atoms with Crippen LogP contribution >= 0.6 is 11.6 Å². The van der Waals surface area contributed by atoms with E-state index in [1.165, 1.54) is 0 Å². The van der Waals surface area contributed by atoms with Gasteiger partial charge in [0.05, 0.1) is 22.7 Å². The number of ketones is 1. The highest BCUT2D eigenvalue weighted by molar-refractivity contribution is 6.34. The molecule has 0 saturated carbocycles. The van der Waals surface area contributed by atoms with Crippen LogP contribution in [0, 0.1) is 13.8 Å². The predicted molar refractivity (Wildman–Crippen MR) is 113 cm³/mol. The molecular weight excluding hydrogens is 390 g/mol. The van der Waals surface area contributed by atoms with E-state index in [4.69, 9.17) is 20.8 Å². The number of halogens is 1. The Morgan fingerprint density at radius 1 is 1.24 bits per heavy atom. The summed E-state index contributed by atoms with van der Waals surface area (Å²) in [5.41, 5.74) is 2.56. The number of hydrogen-bond donors (Lipinski definition) is 1. The number of benzene rings is 2. The molecule has 0 spiro atoms. The Kier molecular flexibility index (Phi) is 4.66. The SMILES string of the molecule is CC[C@@]1(C)CC(=O)c2c(ccc3oc(C(=O)Nc4ccc(C)cc4Cl)c(C)c23)O1. The van der Waals surface area contributed by atoms with Crippen LogP contribution in [0.5, 0.6) is 5.75 Å². The maximum absolute atomic E-state index is 12.9. The summed E-state index contributed by atoms with van der Waals surface area (Å²) in [6, 6.07) is 8.87. The summed E-state index contributed by atoms with van der Waals surface area (Å²) in [5.74, 6) is 0.275. The van der Waals surface area contributed by atoms with Gasteiger partial charge in [-0.05, 0) is 57.0 Å². The van der Waals surface area contributed by atoms with E-state index in [1.54, 1.807) is 31.2 Å². The summed E-state index contributed by atoms with van der Waals surface area (Å²) >= 11 is 6.23. The monoisotopic (exact) mass is 411 g/mol. The van der Waals surface area contributed by atoms with Gasteiger partial charge in [-0.3, -0.25) is 9.59 Å². The van der Waals surface area contributed by atoms with Gasteiger partial charge in [-0.1, -0.05) is 24.6 Å². The van der Waals surface area contributed by atoms with Gasteiger partial charge in [0, 0.05) is 10.9 Å². The molecule has 3 aromatic rings. The topological polar surface area (TPSA) is 68.5 Å². The highest BCUT2D eigenvalue weighted by atomic mass is 35.5. The number of amides is 1. The van der Waals surface area contributed by atoms with Crippen LogP contribution in [0.4, 0.5) is 5.69 Å². The second-order valence-electron chi connectivity index (χ2n) is 7.81. The number of Topliss-reactive ketones (excluding diaryl/α,β-unsaturated/α-hetero) is 1. The number of hydrogen-bond acceptors (Lipinski definition) is 4. The minimum Gasteiger partial charge on any atom is -0.486 e. The van der Waals surface area contributed by atoms with E-state index in [0.717, 1.165) is 12.0 Å². The largest absolute Gasteiger partial charge is 0.486 e. The number of fused-ring (bicyclic) bond motifs is 3. The molecule has 1 N–H and O–H groups in total. The predicted octanol–water partition coefficient (Wildman–Crippen LogP) is 6.09. The van der Waals surface area contributed by atoms with Crippen molar-refractivity contribution in [2.45, 2.75) is 46.1 Å². The van der Waals surface area contributed by atoms with Crippen LogP contribution in [0.3, 0.4) is 0 Å². The molecule has 1 atom stereocenters. The quantitative estimate of drug-likeness (QED) is 0.566. The van der Waals surface area contributed by atoms with Crippen molar-refractivity contribution in [3.63, 3.8) is 0 Å². The van der Waals surface area contributed by atoms with Gasteiger partial charge in [-0.2, -0.15) is 0 Å². The Bertz CT molecular complexity index is 1160. The lowest BCUT2D eigenvalue weighted by atomic mass is 9.87. The van der Waals surface area contributed by atoms with E-state index in [2.05, 4.69) is 5.32 Å². The summed E-state index contributed by atoms with van der Waals surface area (Å²) in [7, 11) is 0. The molecule has 6 heteroatoms. The zero-order chi connectivity index (χ0) is 20.9. The Labute approximate surface area is 174 Å². The first kappa shape index (κ1) is 19.5. The standard InChI is InChI=1S/C23H22ClNO4/c1-5-23(4)11-16(26)20-18(29-23)9-8-17-19(20)13(3)21(28-17)22(27)25-15-7-6-12(2)10-14(15)24/h6-10H,5,11H2,1-4H3,(H,25,27)/t23-/m0/s1. The minimum absolute atomic E-state index is 0.00126. The van der Waals surface area contributed by atoms with Crippen molar-refractivity contribution in [1.29, 1.82) is 0 Å². The van der Waals surface area contributed by atoms with E-state index in [0.29, 0.717) is 45.0 Å². The van der Waals surface area contributed by atoms with Gasteiger partial charge in [-0.25, -0.2) is 0 Å². The molecule has 0 radical (unpaired) electrons. The molecule has 29 heavy (non-hydrogen) atoms. The van der Waals surface area contributed by atoms with Gasteiger partial charge in [0.25, 0.3) is 5.91 Å². The van der Waals surface area contributed by atoms with Crippen molar-refractivity contribution in [3.8, 4) is 5.75 Å². The maximum Gasteiger partial charge on any atom is 0.291 e. The van der Waals surface area contributed by atoms with Gasteiger partial charge in [0.2, 0.25) is 0 Å². The van der Waals surface area contributed by atoms with Crippen LogP contribution < -0.4 is 10.1 Å². The van der Waals surface area contributed by atoms with E-state index in [-0.39, 0.29) is 11.5 Å². The number of anilines is 1. The van der Waals surface area contributed by atoms with Crippen LogP contribution in [0.25, 0.3) is 11.0 Å². The number of nitrogens with one attached hydrogen (secondary N) is 1. The normalized spacial score (nSPS) is 18.4. The third-order valence-corrected chi connectivity index (χ3v) is 5.87. The van der Waals surface area contributed by atoms with E-state index in [1.807, 2.05) is 26.8 Å². The first-order chi connectivity index (χ1) is 13.7. The molecule has 0 bridgehead atoms. The van der Waals surface area contributed by atoms with E-state index >= 15 is 0 Å². The number of carbonyl (C=O) groups is 2. The van der Waals surface area contributed by atoms with Crippen LogP contribution in [-0.2, 0) is 0 Å². The van der Waals surface area contributed by atoms with Crippen molar-refractivity contribution in [2.75, 3.05) is 5.32 Å². The molecule has 1 aliphatic rings. The van der Waals surface area contributed by atoms with Gasteiger partial charge in [-0.15, -0.1) is 0 Å². The molecule has 1 amide bonds. The van der Waals surface area contributed by atoms with Gasteiger partial charge < -0.3 is 14.5 Å². The van der Waals surface area contributed by atoms with E-state index < -0.39 is 11.5 Å². The Balaban J connectivity index is 1.76. The Hall–Kier alpha value is -2.79. The fourth-order valence-electron chi connectivity index (χ4n) is 3.73. The summed E-state index contributed by atoms with van der Waals surface area (Å²) in [6.07, 6.45) is 1.02. The van der Waals surface area contributed by atoms with Gasteiger partial charge in [0.15, 0.2) is 11.5 Å². The van der Waals surface area contributed by atoms with Crippen LogP contribution in [-0.4, -0.2) is 17.3 Å². The molecule has 1 aliphatic heterocycles. The fourth-order valence-corrected chi connectivity index (χ4v) is 4.01. The molecule has 0 fully saturated rings. The Morgan fingerprint density at radius 3 is 2.69 bits per heavy atom. The van der Waals surface area contributed by atoms with E-state index in [9.17, 15) is 9.59 Å². The van der Waals surface area contributed by atoms with Crippen LogP contribution in [0.2, 0.25) is 5.02 Å². The second-order valence-corrected chi connectivity index (χ2v) is 8.22. The molecule has 2 heterocycles. The van der Waals surface area contributed by atoms with Crippen molar-refractivity contribution in [1.82, 2.24) is 0 Å². The molecule has 2 aromatic carbocycles. The lowest BCUT2D eigenvalue weighted by molar-refractivity contribution is 0.0503. The van der Waals surface area contributed by atoms with Crippen molar-refractivity contribution in [3.05, 3.63) is 57.8 Å². The van der Waals surface area contributed by atoms with Crippen LogP contribution in [0.15, 0.2) is 34.7 Å². The average molecular weight is 412 g/mol. The maximum atomic E-state index is 12.9. The molecule has 0 saturated heterocycles. The fraction of sp³-hybridized carbons (Fsp3) is 0.304. The molecule has 0 unspecified atom stereocenters. The highest BCUT2D eigenvalue weighted by Gasteiger charge is 2.37. The third-order valence-electron chi connectivity index (χ3n) is 5.55. The lowest BCUT2D eigenvalue weighted by Crippen LogP contribution is -2.38. The molecule has 1 aromatic heterocycles. The number of carbonyl (C=O) groups excluding carboxylic acids is 2. The number of ether oxygens (including phenoxy) is 1. The Morgan fingerprint density at radius 2 is 2.00 bits per heavy atom. The molecule has 5 nitrogen and oxygen atoms in total.